The van der Waals surface area contributed by atoms with Crippen molar-refractivity contribution in [1.29, 1.82) is 0 Å². The van der Waals surface area contributed by atoms with Gasteiger partial charge in [0, 0.05) is 35.4 Å². The molecule has 0 radical (unpaired) electrons. The summed E-state index contributed by atoms with van der Waals surface area (Å²) in [5.41, 5.74) is 4.91. The second-order valence-corrected chi connectivity index (χ2v) is 4.77. The van der Waals surface area contributed by atoms with Gasteiger partial charge in [0.15, 0.2) is 0 Å². The van der Waals surface area contributed by atoms with Crippen LogP contribution in [0.3, 0.4) is 0 Å². The first-order valence-electron chi connectivity index (χ1n) is 7.07. The second-order valence-electron chi connectivity index (χ2n) is 4.77. The molecule has 11 nitrogen and oxygen atoms in total. The summed E-state index contributed by atoms with van der Waals surface area (Å²) in [5.74, 6) is 0. The summed E-state index contributed by atoms with van der Waals surface area (Å²) in [6.07, 6.45) is 2.47. The molecule has 0 aliphatic carbocycles. The van der Waals surface area contributed by atoms with E-state index in [1.165, 1.54) is 48.8 Å². The second kappa shape index (κ2) is 8.63. The lowest BCUT2D eigenvalue weighted by atomic mass is 10.2. The Bertz CT molecular complexity index is 824. The molecule has 0 aliphatic heterocycles. The molecule has 2 N–H and O–H groups in total. The third-order valence-electron chi connectivity index (χ3n) is 2.92. The van der Waals surface area contributed by atoms with E-state index < -0.39 is 15.9 Å². The minimum Gasteiger partial charge on any atom is -0.258 e. The molecule has 2 amide bonds. The molecule has 0 fully saturated rings. The van der Waals surface area contributed by atoms with Gasteiger partial charge in [0.1, 0.15) is 0 Å². The van der Waals surface area contributed by atoms with Crippen LogP contribution in [-0.2, 0) is 0 Å². The van der Waals surface area contributed by atoms with Gasteiger partial charge in [0.2, 0.25) is 0 Å². The number of benzene rings is 2. The average molecular weight is 356 g/mol. The van der Waals surface area contributed by atoms with Gasteiger partial charge in [-0.3, -0.25) is 20.2 Å². The molecule has 0 spiro atoms. The topological polar surface area (TPSA) is 152 Å². The first-order chi connectivity index (χ1) is 12.5. The lowest BCUT2D eigenvalue weighted by Gasteiger charge is -1.98. The van der Waals surface area contributed by atoms with Crippen molar-refractivity contribution in [1.82, 2.24) is 10.9 Å². The molecule has 0 unspecified atom stereocenters. The van der Waals surface area contributed by atoms with E-state index in [0.717, 1.165) is 0 Å². The zero-order valence-corrected chi connectivity index (χ0v) is 13.1. The molecular formula is C15H12N6O5. The van der Waals surface area contributed by atoms with Crippen molar-refractivity contribution < 1.29 is 14.6 Å². The molecule has 0 saturated carbocycles. The standard InChI is InChI=1S/C15H12N6O5/c22-15(18-16-9-11-3-1-5-13(7-11)20(23)24)19-17-10-12-4-2-6-14(8-12)21(25)26/h1-10H,(H2,18,19,22)/b16-9+,17-10?. The van der Waals surface area contributed by atoms with Gasteiger partial charge < -0.3 is 0 Å². The minimum atomic E-state index is -0.756. The number of nitro groups is 2. The Labute approximate surface area is 146 Å². The van der Waals surface area contributed by atoms with Crippen molar-refractivity contribution in [2.45, 2.75) is 0 Å². The van der Waals surface area contributed by atoms with Crippen molar-refractivity contribution in [3.8, 4) is 0 Å². The molecule has 0 aliphatic rings. The van der Waals surface area contributed by atoms with E-state index in [1.807, 2.05) is 0 Å². The largest absolute Gasteiger partial charge is 0.355 e. The predicted molar refractivity (Wildman–Crippen MR) is 93.0 cm³/mol. The van der Waals surface area contributed by atoms with Gasteiger partial charge in [-0.2, -0.15) is 10.2 Å². The molecule has 0 heterocycles. The normalized spacial score (nSPS) is 10.8. The van der Waals surface area contributed by atoms with Crippen molar-refractivity contribution >= 4 is 29.8 Å². The number of nitrogens with one attached hydrogen (secondary N) is 2. The molecule has 26 heavy (non-hydrogen) atoms. The highest BCUT2D eigenvalue weighted by Crippen LogP contribution is 2.12. The first-order valence-corrected chi connectivity index (χ1v) is 7.07. The van der Waals surface area contributed by atoms with Gasteiger partial charge in [-0.05, 0) is 0 Å². The van der Waals surface area contributed by atoms with Gasteiger partial charge in [0.05, 0.1) is 22.3 Å². The maximum Gasteiger partial charge on any atom is 0.355 e. The molecular weight excluding hydrogens is 344 g/mol. The van der Waals surface area contributed by atoms with E-state index >= 15 is 0 Å². The third-order valence-corrected chi connectivity index (χ3v) is 2.92. The maximum atomic E-state index is 11.5. The number of rotatable bonds is 6. The van der Waals surface area contributed by atoms with E-state index in [9.17, 15) is 25.0 Å². The summed E-state index contributed by atoms with van der Waals surface area (Å²) in [5, 5.41) is 28.6. The van der Waals surface area contributed by atoms with Crippen LogP contribution >= 0.6 is 0 Å². The molecule has 0 atom stereocenters. The molecule has 0 saturated heterocycles. The van der Waals surface area contributed by atoms with Crippen LogP contribution in [0.2, 0.25) is 0 Å². The van der Waals surface area contributed by atoms with Crippen LogP contribution in [0.5, 0.6) is 0 Å². The van der Waals surface area contributed by atoms with Crippen LogP contribution < -0.4 is 10.9 Å². The number of hydrogen-bond donors (Lipinski definition) is 2. The smallest absolute Gasteiger partial charge is 0.258 e. The summed E-state index contributed by atoms with van der Waals surface area (Å²) >= 11 is 0. The number of amides is 2. The average Bonchev–Trinajstić information content (AvgIpc) is 2.62. The third kappa shape index (κ3) is 5.49. The van der Waals surface area contributed by atoms with E-state index in [1.54, 1.807) is 12.1 Å². The first kappa shape index (κ1) is 18.2. The fourth-order valence-corrected chi connectivity index (χ4v) is 1.79. The number of hydrazone groups is 2. The predicted octanol–water partition coefficient (Wildman–Crippen LogP) is 2.17. The number of hydrogen-bond acceptors (Lipinski definition) is 7. The van der Waals surface area contributed by atoms with E-state index in [4.69, 9.17) is 0 Å². The van der Waals surface area contributed by atoms with Crippen LogP contribution in [0.15, 0.2) is 58.7 Å². The summed E-state index contributed by atoms with van der Waals surface area (Å²) in [4.78, 5) is 31.7. The lowest BCUT2D eigenvalue weighted by Crippen LogP contribution is -2.28. The molecule has 132 valence electrons. The van der Waals surface area contributed by atoms with Crippen molar-refractivity contribution in [3.63, 3.8) is 0 Å². The van der Waals surface area contributed by atoms with Crippen LogP contribution in [0.25, 0.3) is 0 Å². The SMILES string of the molecule is O=C(NN=Cc1cccc([N+](=O)[O-])c1)N/N=C/c1cccc([N+](=O)[O-])c1. The number of urea groups is 1. The Hall–Kier alpha value is -4.15. The molecule has 2 rings (SSSR count). The van der Waals surface area contributed by atoms with Crippen LogP contribution in [0.4, 0.5) is 16.2 Å². The number of non-ortho nitro benzene ring substituents is 2. The number of nitro benzene ring substituents is 2. The fraction of sp³-hybridized carbons (Fsp3) is 0. The number of nitrogens with zero attached hydrogens (tertiary/aromatic N) is 4. The number of carbonyl (C=O) groups excluding carboxylic acids is 1. The van der Waals surface area contributed by atoms with Gasteiger partial charge in [-0.15, -0.1) is 0 Å². The molecule has 11 heteroatoms. The monoisotopic (exact) mass is 356 g/mol. The Morgan fingerprint density at radius 1 is 0.846 bits per heavy atom. The summed E-state index contributed by atoms with van der Waals surface area (Å²) < 4.78 is 0. The van der Waals surface area contributed by atoms with E-state index in [2.05, 4.69) is 21.1 Å². The highest BCUT2D eigenvalue weighted by molar-refractivity contribution is 5.84. The summed E-state index contributed by atoms with van der Waals surface area (Å²) in [6, 6.07) is 10.6. The van der Waals surface area contributed by atoms with E-state index in [0.29, 0.717) is 11.1 Å². The van der Waals surface area contributed by atoms with Crippen LogP contribution in [0.1, 0.15) is 11.1 Å². The summed E-state index contributed by atoms with van der Waals surface area (Å²) in [7, 11) is 0. The highest BCUT2D eigenvalue weighted by atomic mass is 16.6. The van der Waals surface area contributed by atoms with E-state index in [-0.39, 0.29) is 11.4 Å². The maximum absolute atomic E-state index is 11.5. The summed E-state index contributed by atoms with van der Waals surface area (Å²) in [6.45, 7) is 0. The molecule has 0 bridgehead atoms. The zero-order valence-electron chi connectivity index (χ0n) is 13.1. The Balaban J connectivity index is 1.87. The highest BCUT2D eigenvalue weighted by Gasteiger charge is 2.05. The Morgan fingerprint density at radius 2 is 1.27 bits per heavy atom. The van der Waals surface area contributed by atoms with Crippen LogP contribution in [0, 0.1) is 20.2 Å². The Morgan fingerprint density at radius 3 is 1.65 bits per heavy atom. The Kier molecular flexibility index (Phi) is 6.04. The zero-order chi connectivity index (χ0) is 18.9. The lowest BCUT2D eigenvalue weighted by molar-refractivity contribution is -0.385. The molecule has 2 aromatic rings. The van der Waals surface area contributed by atoms with Gasteiger partial charge in [0.25, 0.3) is 11.4 Å². The number of carbonyl (C=O) groups is 1. The van der Waals surface area contributed by atoms with Crippen molar-refractivity contribution in [2.75, 3.05) is 0 Å². The van der Waals surface area contributed by atoms with Gasteiger partial charge in [-0.1, -0.05) is 24.3 Å². The molecule has 2 aromatic carbocycles. The van der Waals surface area contributed by atoms with Gasteiger partial charge in [-0.25, -0.2) is 15.6 Å². The minimum absolute atomic E-state index is 0.0973. The van der Waals surface area contributed by atoms with Gasteiger partial charge >= 0.3 is 6.03 Å². The van der Waals surface area contributed by atoms with Crippen molar-refractivity contribution in [3.05, 3.63) is 79.9 Å². The van der Waals surface area contributed by atoms with Crippen molar-refractivity contribution in [2.24, 2.45) is 10.2 Å². The molecule has 0 aromatic heterocycles. The van der Waals surface area contributed by atoms with Crippen LogP contribution in [-0.4, -0.2) is 28.3 Å². The quantitative estimate of drug-likeness (QED) is 0.461. The fourth-order valence-electron chi connectivity index (χ4n) is 1.79.